The predicted molar refractivity (Wildman–Crippen MR) is 106 cm³/mol. The van der Waals surface area contributed by atoms with Gasteiger partial charge in [0, 0.05) is 23.0 Å². The number of nitrogens with zero attached hydrogens (tertiary/aromatic N) is 2. The van der Waals surface area contributed by atoms with Crippen LogP contribution in [0.15, 0.2) is 29.2 Å². The van der Waals surface area contributed by atoms with Crippen LogP contribution < -0.4 is 5.32 Å². The first-order valence-electron chi connectivity index (χ1n) is 8.98. The third kappa shape index (κ3) is 3.89. The van der Waals surface area contributed by atoms with Gasteiger partial charge in [-0.25, -0.2) is 13.4 Å². The number of carbonyl (C=O) groups excluding carboxylic acids is 1. The molecule has 1 atom stereocenters. The Morgan fingerprint density at radius 3 is 2.74 bits per heavy atom. The van der Waals surface area contributed by atoms with Gasteiger partial charge in [-0.1, -0.05) is 11.6 Å². The molecule has 1 aliphatic heterocycles. The lowest BCUT2D eigenvalue weighted by Crippen LogP contribution is -2.43. The number of sulfonamides is 1. The zero-order chi connectivity index (χ0) is 19.0. The van der Waals surface area contributed by atoms with Gasteiger partial charge in [0.2, 0.25) is 15.9 Å². The van der Waals surface area contributed by atoms with Crippen molar-refractivity contribution in [2.45, 2.75) is 37.0 Å². The van der Waals surface area contributed by atoms with Crippen molar-refractivity contribution in [3.8, 4) is 0 Å². The lowest BCUT2D eigenvalue weighted by Gasteiger charge is -2.31. The van der Waals surface area contributed by atoms with Crippen LogP contribution >= 0.6 is 22.9 Å². The van der Waals surface area contributed by atoms with Crippen LogP contribution in [0.1, 0.15) is 29.8 Å². The van der Waals surface area contributed by atoms with Gasteiger partial charge in [0.25, 0.3) is 0 Å². The molecular weight excluding hydrogens is 406 g/mol. The van der Waals surface area contributed by atoms with Gasteiger partial charge in [-0.2, -0.15) is 4.31 Å². The first kappa shape index (κ1) is 18.9. The fourth-order valence-electron chi connectivity index (χ4n) is 3.58. The molecule has 2 heterocycles. The van der Waals surface area contributed by atoms with Crippen LogP contribution in [0.25, 0.3) is 0 Å². The topological polar surface area (TPSA) is 79.4 Å². The maximum atomic E-state index is 12.9. The Labute approximate surface area is 167 Å². The molecule has 2 aliphatic rings. The molecule has 0 radical (unpaired) electrons. The number of carbonyl (C=O) groups is 1. The molecule has 0 saturated carbocycles. The molecule has 1 unspecified atom stereocenters. The minimum absolute atomic E-state index is 0.154. The number of aryl methyl sites for hydroxylation is 2. The molecule has 9 heteroatoms. The van der Waals surface area contributed by atoms with E-state index in [9.17, 15) is 13.2 Å². The highest BCUT2D eigenvalue weighted by Gasteiger charge is 2.33. The second-order valence-electron chi connectivity index (χ2n) is 6.89. The van der Waals surface area contributed by atoms with Gasteiger partial charge in [0.05, 0.1) is 16.5 Å². The Morgan fingerprint density at radius 1 is 1.22 bits per heavy atom. The maximum Gasteiger partial charge on any atom is 0.243 e. The number of piperidine rings is 1. The quantitative estimate of drug-likeness (QED) is 0.814. The number of anilines is 1. The molecule has 1 fully saturated rings. The second-order valence-corrected chi connectivity index (χ2v) is 10.3. The molecule has 27 heavy (non-hydrogen) atoms. The van der Waals surface area contributed by atoms with E-state index in [1.54, 1.807) is 12.1 Å². The highest BCUT2D eigenvalue weighted by molar-refractivity contribution is 7.89. The number of halogens is 1. The summed E-state index contributed by atoms with van der Waals surface area (Å²) in [7, 11) is -3.63. The van der Waals surface area contributed by atoms with Gasteiger partial charge in [-0.15, -0.1) is 11.3 Å². The Bertz CT molecular complexity index is 935. The summed E-state index contributed by atoms with van der Waals surface area (Å²) in [5.41, 5.74) is 1.09. The van der Waals surface area contributed by atoms with Gasteiger partial charge < -0.3 is 5.32 Å². The summed E-state index contributed by atoms with van der Waals surface area (Å²) >= 11 is 7.38. The first-order valence-corrected chi connectivity index (χ1v) is 11.6. The fraction of sp³-hybridized carbons (Fsp3) is 0.444. The van der Waals surface area contributed by atoms with Crippen molar-refractivity contribution in [2.75, 3.05) is 18.4 Å². The molecule has 6 nitrogen and oxygen atoms in total. The van der Waals surface area contributed by atoms with Crippen LogP contribution in [0.3, 0.4) is 0 Å². The Morgan fingerprint density at radius 2 is 2.00 bits per heavy atom. The third-order valence-electron chi connectivity index (χ3n) is 5.03. The van der Waals surface area contributed by atoms with Crippen LogP contribution in [-0.2, 0) is 27.7 Å². The standard InChI is InChI=1S/C18H20ClN3O3S2/c19-13-6-8-14(9-7-13)27(24,25)22-10-2-3-12(11-22)17(23)21-18-20-15-4-1-5-16(15)26-18/h6-9,12H,1-5,10-11H2,(H,20,21,23). The van der Waals surface area contributed by atoms with Crippen molar-refractivity contribution < 1.29 is 13.2 Å². The number of amides is 1. The fourth-order valence-corrected chi connectivity index (χ4v) is 6.28. The minimum Gasteiger partial charge on any atom is -0.302 e. The number of hydrogen-bond acceptors (Lipinski definition) is 5. The summed E-state index contributed by atoms with van der Waals surface area (Å²) < 4.78 is 27.1. The summed E-state index contributed by atoms with van der Waals surface area (Å²) in [6.07, 6.45) is 4.45. The van der Waals surface area contributed by atoms with Gasteiger partial charge in [-0.3, -0.25) is 4.79 Å². The average molecular weight is 426 g/mol. The third-order valence-corrected chi connectivity index (χ3v) is 8.24. The highest BCUT2D eigenvalue weighted by atomic mass is 35.5. The maximum absolute atomic E-state index is 12.9. The van der Waals surface area contributed by atoms with Gasteiger partial charge >= 0.3 is 0 Å². The SMILES string of the molecule is O=C(Nc1nc2c(s1)CCC2)C1CCCN(S(=O)(=O)c2ccc(Cl)cc2)C1. The van der Waals surface area contributed by atoms with Crippen molar-refractivity contribution in [1.82, 2.24) is 9.29 Å². The van der Waals surface area contributed by atoms with E-state index < -0.39 is 10.0 Å². The molecule has 1 N–H and O–H groups in total. The number of fused-ring (bicyclic) bond motifs is 1. The van der Waals surface area contributed by atoms with E-state index in [1.807, 2.05) is 0 Å². The summed E-state index contributed by atoms with van der Waals surface area (Å²) in [5.74, 6) is -0.530. The smallest absolute Gasteiger partial charge is 0.243 e. The zero-order valence-electron chi connectivity index (χ0n) is 14.7. The summed E-state index contributed by atoms with van der Waals surface area (Å²) in [6, 6.07) is 6.12. The molecule has 1 saturated heterocycles. The molecule has 144 valence electrons. The highest BCUT2D eigenvalue weighted by Crippen LogP contribution is 2.31. The number of nitrogens with one attached hydrogen (secondary N) is 1. The predicted octanol–water partition coefficient (Wildman–Crippen LogP) is 3.32. The zero-order valence-corrected chi connectivity index (χ0v) is 17.0. The second kappa shape index (κ2) is 7.50. The molecule has 0 bridgehead atoms. The first-order chi connectivity index (χ1) is 12.9. The van der Waals surface area contributed by atoms with Crippen molar-refractivity contribution >= 4 is 44.0 Å². The molecule has 1 aromatic heterocycles. The molecule has 1 amide bonds. The van der Waals surface area contributed by atoms with Gasteiger partial charge in [0.1, 0.15) is 0 Å². The van der Waals surface area contributed by atoms with E-state index in [0.717, 1.165) is 25.0 Å². The lowest BCUT2D eigenvalue weighted by atomic mass is 9.99. The lowest BCUT2D eigenvalue weighted by molar-refractivity contribution is -0.120. The Balaban J connectivity index is 1.45. The van der Waals surface area contributed by atoms with E-state index in [0.29, 0.717) is 29.5 Å². The van der Waals surface area contributed by atoms with Crippen LogP contribution in [-0.4, -0.2) is 36.7 Å². The molecule has 4 rings (SSSR count). The molecule has 1 aliphatic carbocycles. The van der Waals surface area contributed by atoms with Gasteiger partial charge in [0.15, 0.2) is 5.13 Å². The van der Waals surface area contributed by atoms with E-state index in [-0.39, 0.29) is 23.3 Å². The minimum atomic E-state index is -3.63. The molecule has 2 aromatic rings. The van der Waals surface area contributed by atoms with Crippen molar-refractivity contribution in [1.29, 1.82) is 0 Å². The van der Waals surface area contributed by atoms with Crippen LogP contribution in [0, 0.1) is 5.92 Å². The van der Waals surface area contributed by atoms with Crippen molar-refractivity contribution in [3.05, 3.63) is 39.9 Å². The summed E-state index contributed by atoms with van der Waals surface area (Å²) in [4.78, 5) is 18.6. The van der Waals surface area contributed by atoms with Gasteiger partial charge in [-0.05, 0) is 56.4 Å². The summed E-state index contributed by atoms with van der Waals surface area (Å²) in [5, 5.41) is 4.00. The Hall–Kier alpha value is -1.48. The number of hydrogen-bond donors (Lipinski definition) is 1. The van der Waals surface area contributed by atoms with Crippen molar-refractivity contribution in [2.24, 2.45) is 5.92 Å². The van der Waals surface area contributed by atoms with Crippen LogP contribution in [0.5, 0.6) is 0 Å². The van der Waals surface area contributed by atoms with E-state index >= 15 is 0 Å². The molecule has 0 spiro atoms. The monoisotopic (exact) mass is 425 g/mol. The Kier molecular flexibility index (Phi) is 5.24. The number of rotatable bonds is 4. The largest absolute Gasteiger partial charge is 0.302 e. The van der Waals surface area contributed by atoms with Crippen molar-refractivity contribution in [3.63, 3.8) is 0 Å². The van der Waals surface area contributed by atoms with E-state index in [2.05, 4.69) is 10.3 Å². The van der Waals surface area contributed by atoms with E-state index in [4.69, 9.17) is 11.6 Å². The number of benzene rings is 1. The number of thiazole rings is 1. The summed E-state index contributed by atoms with van der Waals surface area (Å²) in [6.45, 7) is 0.599. The average Bonchev–Trinajstić information content (AvgIpc) is 3.24. The normalized spacial score (nSPS) is 20.4. The van der Waals surface area contributed by atoms with Crippen LogP contribution in [0.4, 0.5) is 5.13 Å². The molecular formula is C18H20ClN3O3S2. The van der Waals surface area contributed by atoms with E-state index in [1.165, 1.54) is 32.7 Å². The number of aromatic nitrogens is 1. The van der Waals surface area contributed by atoms with Crippen LogP contribution in [0.2, 0.25) is 5.02 Å². The molecule has 1 aromatic carbocycles.